The fourth-order valence-electron chi connectivity index (χ4n) is 3.75. The molecule has 2 aromatic rings. The smallest absolute Gasteiger partial charge is 0.318 e. The van der Waals surface area contributed by atoms with Gasteiger partial charge in [0.15, 0.2) is 0 Å². The molecule has 6 heteroatoms. The molecule has 1 fully saturated rings. The molecule has 0 unspecified atom stereocenters. The predicted octanol–water partition coefficient (Wildman–Crippen LogP) is 2.57. The largest absolute Gasteiger partial charge is 0.497 e. The first-order valence-electron chi connectivity index (χ1n) is 9.20. The van der Waals surface area contributed by atoms with Crippen molar-refractivity contribution >= 4 is 17.6 Å². The van der Waals surface area contributed by atoms with Crippen molar-refractivity contribution in [3.8, 4) is 5.75 Å². The van der Waals surface area contributed by atoms with E-state index < -0.39 is 0 Å². The van der Waals surface area contributed by atoms with Crippen LogP contribution in [0.1, 0.15) is 17.5 Å². The number of carbonyl (C=O) groups is 2. The number of rotatable bonds is 3. The van der Waals surface area contributed by atoms with Crippen LogP contribution in [0.25, 0.3) is 0 Å². The van der Waals surface area contributed by atoms with Crippen molar-refractivity contribution in [1.29, 1.82) is 0 Å². The van der Waals surface area contributed by atoms with E-state index in [1.54, 1.807) is 12.0 Å². The number of anilines is 1. The summed E-state index contributed by atoms with van der Waals surface area (Å²) < 4.78 is 5.16. The number of fused-ring (bicyclic) bond motifs is 1. The van der Waals surface area contributed by atoms with Gasteiger partial charge < -0.3 is 19.9 Å². The Morgan fingerprint density at radius 1 is 1.11 bits per heavy atom. The van der Waals surface area contributed by atoms with Gasteiger partial charge in [-0.3, -0.25) is 4.79 Å². The maximum Gasteiger partial charge on any atom is 0.318 e. The molecule has 0 radical (unpaired) electrons. The van der Waals surface area contributed by atoms with E-state index in [1.807, 2.05) is 41.3 Å². The van der Waals surface area contributed by atoms with Gasteiger partial charge in [-0.15, -0.1) is 0 Å². The minimum atomic E-state index is -0.177. The third-order valence-electron chi connectivity index (χ3n) is 5.25. The third-order valence-corrected chi connectivity index (χ3v) is 5.25. The Kier molecular flexibility index (Phi) is 4.71. The van der Waals surface area contributed by atoms with Gasteiger partial charge in [0.2, 0.25) is 5.91 Å². The molecular formula is C21H23N3O3. The molecular weight excluding hydrogens is 342 g/mol. The Hall–Kier alpha value is -3.02. The molecule has 2 heterocycles. The minimum absolute atomic E-state index is 0.0226. The summed E-state index contributed by atoms with van der Waals surface area (Å²) in [5.74, 6) is 0.773. The van der Waals surface area contributed by atoms with Crippen molar-refractivity contribution in [1.82, 2.24) is 10.2 Å². The molecule has 140 valence electrons. The molecule has 1 atom stereocenters. The van der Waals surface area contributed by atoms with Crippen LogP contribution in [0, 0.1) is 0 Å². The van der Waals surface area contributed by atoms with E-state index in [4.69, 9.17) is 4.74 Å². The van der Waals surface area contributed by atoms with Gasteiger partial charge in [0, 0.05) is 31.7 Å². The van der Waals surface area contributed by atoms with Crippen LogP contribution in [0.15, 0.2) is 48.5 Å². The van der Waals surface area contributed by atoms with E-state index in [0.29, 0.717) is 26.1 Å². The van der Waals surface area contributed by atoms with E-state index in [-0.39, 0.29) is 18.0 Å². The standard InChI is InChI=1S/C21H23N3O3/c1-27-19-8-6-18(7-9-19)24-14-17(12-20(24)25)22-21(26)23-11-10-15-4-2-3-5-16(15)13-23/h2-9,17H,10-14H2,1H3,(H,22,26)/t17-/m0/s1. The summed E-state index contributed by atoms with van der Waals surface area (Å²) in [7, 11) is 1.61. The summed E-state index contributed by atoms with van der Waals surface area (Å²) in [4.78, 5) is 28.6. The van der Waals surface area contributed by atoms with E-state index in [9.17, 15) is 9.59 Å². The van der Waals surface area contributed by atoms with E-state index in [1.165, 1.54) is 11.1 Å². The summed E-state index contributed by atoms with van der Waals surface area (Å²) in [6.45, 7) is 1.80. The number of amides is 3. The van der Waals surface area contributed by atoms with E-state index >= 15 is 0 Å². The van der Waals surface area contributed by atoms with Crippen molar-refractivity contribution in [2.45, 2.75) is 25.4 Å². The van der Waals surface area contributed by atoms with Gasteiger partial charge in [0.1, 0.15) is 5.75 Å². The molecule has 0 saturated carbocycles. The Labute approximate surface area is 158 Å². The molecule has 0 aromatic heterocycles. The highest BCUT2D eigenvalue weighted by atomic mass is 16.5. The molecule has 0 aliphatic carbocycles. The van der Waals surface area contributed by atoms with Crippen LogP contribution in [0.4, 0.5) is 10.5 Å². The molecule has 1 saturated heterocycles. The number of urea groups is 1. The number of hydrogen-bond donors (Lipinski definition) is 1. The average molecular weight is 365 g/mol. The molecule has 2 aromatic carbocycles. The van der Waals surface area contributed by atoms with Gasteiger partial charge in [0.25, 0.3) is 0 Å². The average Bonchev–Trinajstić information content (AvgIpc) is 3.07. The lowest BCUT2D eigenvalue weighted by Gasteiger charge is -2.30. The van der Waals surface area contributed by atoms with Gasteiger partial charge in [0.05, 0.1) is 13.2 Å². The van der Waals surface area contributed by atoms with Crippen molar-refractivity contribution in [2.24, 2.45) is 0 Å². The monoisotopic (exact) mass is 365 g/mol. The van der Waals surface area contributed by atoms with Crippen molar-refractivity contribution in [3.05, 3.63) is 59.7 Å². The summed E-state index contributed by atoms with van der Waals surface area (Å²) in [5.41, 5.74) is 3.33. The van der Waals surface area contributed by atoms with Gasteiger partial charge in [-0.1, -0.05) is 24.3 Å². The molecule has 4 rings (SSSR count). The van der Waals surface area contributed by atoms with Crippen LogP contribution in [0.3, 0.4) is 0 Å². The minimum Gasteiger partial charge on any atom is -0.497 e. The maximum atomic E-state index is 12.7. The SMILES string of the molecule is COc1ccc(N2C[C@@H](NC(=O)N3CCc4ccccc4C3)CC2=O)cc1. The normalized spacial score (nSPS) is 19.0. The second-order valence-corrected chi connectivity index (χ2v) is 6.99. The summed E-state index contributed by atoms with van der Waals surface area (Å²) in [6.07, 6.45) is 1.19. The first kappa shape index (κ1) is 17.4. The van der Waals surface area contributed by atoms with Crippen molar-refractivity contribution < 1.29 is 14.3 Å². The van der Waals surface area contributed by atoms with Gasteiger partial charge in [-0.25, -0.2) is 4.79 Å². The number of nitrogens with zero attached hydrogens (tertiary/aromatic N) is 2. The number of benzene rings is 2. The lowest BCUT2D eigenvalue weighted by atomic mass is 10.0. The van der Waals surface area contributed by atoms with Crippen molar-refractivity contribution in [2.75, 3.05) is 25.1 Å². The summed E-state index contributed by atoms with van der Waals surface area (Å²) in [6, 6.07) is 15.3. The molecule has 0 bridgehead atoms. The zero-order chi connectivity index (χ0) is 18.8. The van der Waals surface area contributed by atoms with Gasteiger partial charge in [-0.2, -0.15) is 0 Å². The molecule has 3 amide bonds. The lowest BCUT2D eigenvalue weighted by Crippen LogP contribution is -2.47. The Morgan fingerprint density at radius 3 is 2.59 bits per heavy atom. The number of nitrogens with one attached hydrogen (secondary N) is 1. The first-order chi connectivity index (χ1) is 13.1. The van der Waals surface area contributed by atoms with Crippen LogP contribution in [-0.2, 0) is 17.8 Å². The highest BCUT2D eigenvalue weighted by Crippen LogP contribution is 2.24. The first-order valence-corrected chi connectivity index (χ1v) is 9.20. The van der Waals surface area contributed by atoms with Gasteiger partial charge >= 0.3 is 6.03 Å². The Morgan fingerprint density at radius 2 is 1.85 bits per heavy atom. The highest BCUT2D eigenvalue weighted by molar-refractivity contribution is 5.96. The molecule has 6 nitrogen and oxygen atoms in total. The van der Waals surface area contributed by atoms with Crippen molar-refractivity contribution in [3.63, 3.8) is 0 Å². The van der Waals surface area contributed by atoms with Gasteiger partial charge in [-0.05, 0) is 41.8 Å². The fraction of sp³-hybridized carbons (Fsp3) is 0.333. The molecule has 0 spiro atoms. The molecule has 1 N–H and O–H groups in total. The van der Waals surface area contributed by atoms with Crippen LogP contribution < -0.4 is 15.0 Å². The molecule has 27 heavy (non-hydrogen) atoms. The second-order valence-electron chi connectivity index (χ2n) is 6.99. The number of methoxy groups -OCH3 is 1. The molecule has 2 aliphatic heterocycles. The van der Waals surface area contributed by atoms with Crippen LogP contribution in [0.5, 0.6) is 5.75 Å². The lowest BCUT2D eigenvalue weighted by molar-refractivity contribution is -0.117. The number of ether oxygens (including phenoxy) is 1. The topological polar surface area (TPSA) is 61.9 Å². The summed E-state index contributed by atoms with van der Waals surface area (Å²) >= 11 is 0. The zero-order valence-electron chi connectivity index (χ0n) is 15.4. The predicted molar refractivity (Wildman–Crippen MR) is 103 cm³/mol. The quantitative estimate of drug-likeness (QED) is 0.909. The second kappa shape index (κ2) is 7.31. The highest BCUT2D eigenvalue weighted by Gasteiger charge is 2.33. The zero-order valence-corrected chi connectivity index (χ0v) is 15.4. The number of hydrogen-bond acceptors (Lipinski definition) is 3. The van der Waals surface area contributed by atoms with E-state index in [2.05, 4.69) is 17.4 Å². The fourth-order valence-corrected chi connectivity index (χ4v) is 3.75. The third kappa shape index (κ3) is 3.60. The number of carbonyl (C=O) groups excluding carboxylic acids is 2. The summed E-state index contributed by atoms with van der Waals surface area (Å²) in [5, 5.41) is 3.03. The van der Waals surface area contributed by atoms with Crippen LogP contribution >= 0.6 is 0 Å². The Bertz CT molecular complexity index is 850. The molecule has 2 aliphatic rings. The maximum absolute atomic E-state index is 12.7. The Balaban J connectivity index is 1.37. The van der Waals surface area contributed by atoms with Crippen LogP contribution in [-0.4, -0.2) is 43.1 Å². The van der Waals surface area contributed by atoms with Crippen LogP contribution in [0.2, 0.25) is 0 Å². The van der Waals surface area contributed by atoms with E-state index in [0.717, 1.165) is 17.9 Å².